The Morgan fingerprint density at radius 3 is 2.72 bits per heavy atom. The first-order valence-corrected chi connectivity index (χ1v) is 13.9. The van der Waals surface area contributed by atoms with Gasteiger partial charge in [0.15, 0.2) is 0 Å². The van der Waals surface area contributed by atoms with Gasteiger partial charge in [0.1, 0.15) is 5.82 Å². The molecule has 5 rings (SSSR count). The lowest BCUT2D eigenvalue weighted by molar-refractivity contribution is 0.141. The molecule has 2 saturated heterocycles. The van der Waals surface area contributed by atoms with Crippen molar-refractivity contribution in [3.63, 3.8) is 0 Å². The van der Waals surface area contributed by atoms with E-state index < -0.39 is 0 Å². The molecule has 3 aliphatic rings. The number of hydrogen-bond donors (Lipinski definition) is 2. The first-order chi connectivity index (χ1) is 17.7. The molecule has 2 aromatic rings. The molecule has 3 fully saturated rings. The molecule has 2 N–H and O–H groups in total. The lowest BCUT2D eigenvalue weighted by Gasteiger charge is -2.34. The van der Waals surface area contributed by atoms with Crippen molar-refractivity contribution >= 4 is 23.1 Å². The second-order valence-electron chi connectivity index (χ2n) is 10.5. The summed E-state index contributed by atoms with van der Waals surface area (Å²) in [5.41, 5.74) is 4.99. The minimum atomic E-state index is 0.610. The van der Waals surface area contributed by atoms with Crippen molar-refractivity contribution in [2.75, 3.05) is 88.2 Å². The largest absolute Gasteiger partial charge is 0.380 e. The molecule has 8 nitrogen and oxygen atoms in total. The Labute approximate surface area is 216 Å². The van der Waals surface area contributed by atoms with E-state index in [2.05, 4.69) is 57.5 Å². The third kappa shape index (κ3) is 6.66. The molecule has 1 aromatic carbocycles. The van der Waals surface area contributed by atoms with Gasteiger partial charge in [0.05, 0.1) is 6.61 Å². The van der Waals surface area contributed by atoms with Crippen molar-refractivity contribution < 1.29 is 4.74 Å². The molecular weight excluding hydrogens is 450 g/mol. The molecule has 1 aliphatic carbocycles. The SMILES string of the molecule is CCc1cc(N2CCN(C)CC2)ccc1Nc1ncc(C2CC2)c(NCCCN2CCCOCC2)n1. The second kappa shape index (κ2) is 12.2. The van der Waals surface area contributed by atoms with Gasteiger partial charge < -0.3 is 30.1 Å². The fourth-order valence-corrected chi connectivity index (χ4v) is 5.19. The fraction of sp³-hybridized carbons (Fsp3) is 0.643. The van der Waals surface area contributed by atoms with E-state index in [9.17, 15) is 0 Å². The van der Waals surface area contributed by atoms with Crippen molar-refractivity contribution in [3.05, 3.63) is 35.5 Å². The first kappa shape index (κ1) is 25.2. The average molecular weight is 494 g/mol. The number of anilines is 4. The highest BCUT2D eigenvalue weighted by Gasteiger charge is 2.27. The Balaban J connectivity index is 1.22. The van der Waals surface area contributed by atoms with Gasteiger partial charge in [-0.1, -0.05) is 6.92 Å². The van der Waals surface area contributed by atoms with Gasteiger partial charge in [0.25, 0.3) is 0 Å². The van der Waals surface area contributed by atoms with E-state index in [0.29, 0.717) is 11.9 Å². The van der Waals surface area contributed by atoms with E-state index in [1.165, 1.54) is 29.7 Å². The molecule has 0 amide bonds. The van der Waals surface area contributed by atoms with Crippen LogP contribution >= 0.6 is 0 Å². The number of rotatable bonds is 10. The molecule has 0 radical (unpaired) electrons. The highest BCUT2D eigenvalue weighted by molar-refractivity contribution is 5.65. The smallest absolute Gasteiger partial charge is 0.229 e. The lowest BCUT2D eigenvalue weighted by atomic mass is 10.1. The maximum atomic E-state index is 5.58. The van der Waals surface area contributed by atoms with Crippen LogP contribution in [-0.4, -0.2) is 92.4 Å². The number of aryl methyl sites for hydroxylation is 1. The number of piperazine rings is 1. The number of aromatic nitrogens is 2. The Morgan fingerprint density at radius 1 is 1.06 bits per heavy atom. The van der Waals surface area contributed by atoms with Crippen molar-refractivity contribution in [2.24, 2.45) is 0 Å². The molecule has 0 unspecified atom stereocenters. The van der Waals surface area contributed by atoms with Gasteiger partial charge in [0.2, 0.25) is 5.95 Å². The van der Waals surface area contributed by atoms with E-state index in [1.807, 2.05) is 6.20 Å². The van der Waals surface area contributed by atoms with Crippen LogP contribution in [-0.2, 0) is 11.2 Å². The quantitative estimate of drug-likeness (QED) is 0.483. The summed E-state index contributed by atoms with van der Waals surface area (Å²) < 4.78 is 5.58. The number of hydrogen-bond acceptors (Lipinski definition) is 8. The molecule has 0 spiro atoms. The van der Waals surface area contributed by atoms with E-state index in [4.69, 9.17) is 14.7 Å². The number of ether oxygens (including phenoxy) is 1. The Kier molecular flexibility index (Phi) is 8.56. The zero-order valence-electron chi connectivity index (χ0n) is 22.1. The highest BCUT2D eigenvalue weighted by atomic mass is 16.5. The molecular formula is C28H43N7O. The maximum absolute atomic E-state index is 5.58. The van der Waals surface area contributed by atoms with Gasteiger partial charge >= 0.3 is 0 Å². The van der Waals surface area contributed by atoms with E-state index in [1.54, 1.807) is 0 Å². The number of nitrogens with one attached hydrogen (secondary N) is 2. The van der Waals surface area contributed by atoms with Crippen molar-refractivity contribution in [1.29, 1.82) is 0 Å². The summed E-state index contributed by atoms with van der Waals surface area (Å²) in [5, 5.41) is 7.17. The molecule has 0 atom stereocenters. The number of benzene rings is 1. The average Bonchev–Trinajstić information content (AvgIpc) is 3.76. The van der Waals surface area contributed by atoms with Crippen LogP contribution in [0, 0.1) is 0 Å². The standard InChI is InChI=1S/C28H43N7O/c1-3-22-20-24(35-15-13-33(2)14-16-35)8-9-26(22)31-28-30-21-25(23-6-7-23)27(32-28)29-10-4-11-34-12-5-18-36-19-17-34/h8-9,20-21,23H,3-7,10-19H2,1-2H3,(H2,29,30,31,32). The molecule has 36 heavy (non-hydrogen) atoms. The third-order valence-electron chi connectivity index (χ3n) is 7.68. The first-order valence-electron chi connectivity index (χ1n) is 13.9. The molecule has 1 saturated carbocycles. The molecule has 0 bridgehead atoms. The van der Waals surface area contributed by atoms with Crippen molar-refractivity contribution in [3.8, 4) is 0 Å². The maximum Gasteiger partial charge on any atom is 0.229 e. The zero-order chi connectivity index (χ0) is 24.7. The molecule has 1 aromatic heterocycles. The van der Waals surface area contributed by atoms with Crippen molar-refractivity contribution in [1.82, 2.24) is 19.8 Å². The van der Waals surface area contributed by atoms with E-state index >= 15 is 0 Å². The molecule has 8 heteroatoms. The Hall–Kier alpha value is -2.42. The zero-order valence-corrected chi connectivity index (χ0v) is 22.1. The van der Waals surface area contributed by atoms with Crippen LogP contribution in [0.1, 0.15) is 49.7 Å². The number of likely N-dealkylation sites (N-methyl/N-ethyl adjacent to an activating group) is 1. The van der Waals surface area contributed by atoms with Crippen LogP contribution in [0.4, 0.5) is 23.1 Å². The topological polar surface area (TPSA) is 68.8 Å². The van der Waals surface area contributed by atoms with E-state index in [0.717, 1.165) is 96.3 Å². The van der Waals surface area contributed by atoms with Gasteiger partial charge in [-0.05, 0) is 75.4 Å². The summed E-state index contributed by atoms with van der Waals surface area (Å²) >= 11 is 0. The Bertz CT molecular complexity index is 980. The molecule has 2 aliphatic heterocycles. The van der Waals surface area contributed by atoms with Crippen LogP contribution < -0.4 is 15.5 Å². The van der Waals surface area contributed by atoms with Crippen LogP contribution in [0.3, 0.4) is 0 Å². The molecule has 196 valence electrons. The summed E-state index contributed by atoms with van der Waals surface area (Å²) in [6.45, 7) is 12.6. The fourth-order valence-electron chi connectivity index (χ4n) is 5.19. The van der Waals surface area contributed by atoms with Crippen LogP contribution in [0.15, 0.2) is 24.4 Å². The minimum Gasteiger partial charge on any atom is -0.380 e. The van der Waals surface area contributed by atoms with Gasteiger partial charge in [-0.3, -0.25) is 0 Å². The Morgan fingerprint density at radius 2 is 1.92 bits per heavy atom. The van der Waals surface area contributed by atoms with Gasteiger partial charge in [-0.25, -0.2) is 4.98 Å². The summed E-state index contributed by atoms with van der Waals surface area (Å²) in [5.74, 6) is 2.29. The monoisotopic (exact) mass is 493 g/mol. The lowest BCUT2D eigenvalue weighted by Crippen LogP contribution is -2.44. The molecule has 3 heterocycles. The number of nitrogens with zero attached hydrogens (tertiary/aromatic N) is 5. The third-order valence-corrected chi connectivity index (χ3v) is 7.68. The van der Waals surface area contributed by atoms with Gasteiger partial charge in [-0.15, -0.1) is 0 Å². The summed E-state index contributed by atoms with van der Waals surface area (Å²) in [6.07, 6.45) is 7.72. The van der Waals surface area contributed by atoms with Crippen LogP contribution in [0.5, 0.6) is 0 Å². The predicted molar refractivity (Wildman–Crippen MR) is 148 cm³/mol. The predicted octanol–water partition coefficient (Wildman–Crippen LogP) is 3.94. The summed E-state index contributed by atoms with van der Waals surface area (Å²) in [7, 11) is 2.20. The second-order valence-corrected chi connectivity index (χ2v) is 10.5. The van der Waals surface area contributed by atoms with Crippen molar-refractivity contribution in [2.45, 2.75) is 44.9 Å². The minimum absolute atomic E-state index is 0.610. The van der Waals surface area contributed by atoms with Gasteiger partial charge in [-0.2, -0.15) is 4.98 Å². The van der Waals surface area contributed by atoms with E-state index in [-0.39, 0.29) is 0 Å². The van der Waals surface area contributed by atoms with Crippen LogP contribution in [0.25, 0.3) is 0 Å². The highest BCUT2D eigenvalue weighted by Crippen LogP contribution is 2.43. The van der Waals surface area contributed by atoms with Crippen LogP contribution in [0.2, 0.25) is 0 Å². The summed E-state index contributed by atoms with van der Waals surface area (Å²) in [6, 6.07) is 6.76. The summed E-state index contributed by atoms with van der Waals surface area (Å²) in [4.78, 5) is 17.0. The van der Waals surface area contributed by atoms with Gasteiger partial charge in [0, 0.05) is 75.6 Å². The normalized spacial score (nSPS) is 19.8.